The maximum atomic E-state index is 13.6. The van der Waals surface area contributed by atoms with Crippen LogP contribution in [0.4, 0.5) is 0 Å². The summed E-state index contributed by atoms with van der Waals surface area (Å²) in [6.07, 6.45) is 22.6. The Morgan fingerprint density at radius 1 is 0.895 bits per heavy atom. The molecule has 8 unspecified atom stereocenters. The summed E-state index contributed by atoms with van der Waals surface area (Å²) in [5.41, 5.74) is 11.4. The van der Waals surface area contributed by atoms with Crippen LogP contribution in [-0.4, -0.2) is 34.1 Å². The molecule has 300 valence electrons. The molecule has 6 aliphatic carbocycles. The van der Waals surface area contributed by atoms with Gasteiger partial charge in [0.25, 0.3) is 0 Å². The highest BCUT2D eigenvalue weighted by Gasteiger charge is 2.51. The van der Waals surface area contributed by atoms with Crippen LogP contribution < -0.4 is 16.2 Å². The summed E-state index contributed by atoms with van der Waals surface area (Å²) in [6, 6.07) is 24.8. The zero-order valence-electron chi connectivity index (χ0n) is 33.5. The number of carbonyl (C=O) groups is 2. The number of benzene rings is 3. The summed E-state index contributed by atoms with van der Waals surface area (Å²) in [5, 5.41) is 35.2. The van der Waals surface area contributed by atoms with Crippen molar-refractivity contribution in [2.24, 2.45) is 41.2 Å². The lowest BCUT2D eigenvalue weighted by Gasteiger charge is -2.49. The third-order valence-electron chi connectivity index (χ3n) is 15.3. The molecule has 0 aliphatic heterocycles. The van der Waals surface area contributed by atoms with E-state index in [1.54, 1.807) is 0 Å². The number of carboxylic acid groups (broad SMARTS) is 1. The molecule has 0 saturated heterocycles. The van der Waals surface area contributed by atoms with Crippen molar-refractivity contribution in [2.75, 3.05) is 6.54 Å². The van der Waals surface area contributed by atoms with Gasteiger partial charge in [0.15, 0.2) is 0 Å². The lowest BCUT2D eigenvalue weighted by molar-refractivity contribution is -0.145. The Labute approximate surface area is 338 Å². The number of phenols is 1. The van der Waals surface area contributed by atoms with Crippen molar-refractivity contribution in [1.29, 1.82) is 0 Å². The number of aliphatic hydroxyl groups excluding tert-OH is 1. The van der Waals surface area contributed by atoms with Gasteiger partial charge in [0.2, 0.25) is 0 Å². The highest BCUT2D eigenvalue weighted by molar-refractivity contribution is 5.73. The van der Waals surface area contributed by atoms with Gasteiger partial charge in [0.1, 0.15) is 17.8 Å². The van der Waals surface area contributed by atoms with Gasteiger partial charge in [-0.3, -0.25) is 4.79 Å². The second kappa shape index (κ2) is 16.8. The Balaban J connectivity index is 1.10. The first-order chi connectivity index (χ1) is 27.7. The van der Waals surface area contributed by atoms with E-state index in [0.717, 1.165) is 106 Å². The number of aliphatic hydroxyl groups is 1. The molecule has 6 aliphatic rings. The summed E-state index contributed by atoms with van der Waals surface area (Å²) in [4.78, 5) is 25.7. The van der Waals surface area contributed by atoms with Gasteiger partial charge in [-0.1, -0.05) is 109 Å². The molecule has 2 saturated carbocycles. The average molecular weight is 768 g/mol. The van der Waals surface area contributed by atoms with Crippen molar-refractivity contribution in [2.45, 2.75) is 114 Å². The molecular weight excluding hydrogens is 707 g/mol. The average Bonchev–Trinajstić information content (AvgIpc) is 3.68. The molecule has 3 aromatic rings. The molecule has 5 N–H and O–H groups in total. The van der Waals surface area contributed by atoms with Crippen LogP contribution in [0.25, 0.3) is 11.8 Å². The first kappa shape index (κ1) is 39.4. The van der Waals surface area contributed by atoms with Crippen molar-refractivity contribution in [3.8, 4) is 5.75 Å². The molecule has 6 heteroatoms. The molecule has 8 atom stereocenters. The number of unbranched alkanes of at least 4 members (excludes halogenated alkanes) is 2. The zero-order chi connectivity index (χ0) is 39.6. The van der Waals surface area contributed by atoms with Gasteiger partial charge in [-0.15, -0.1) is 0 Å². The number of aromatic hydroxyl groups is 1. The van der Waals surface area contributed by atoms with E-state index in [9.17, 15) is 24.9 Å². The Kier molecular flexibility index (Phi) is 11.6. The second-order valence-corrected chi connectivity index (χ2v) is 18.3. The molecule has 0 aromatic heterocycles. The number of aliphatic carboxylic acids is 1. The van der Waals surface area contributed by atoms with Gasteiger partial charge >= 0.3 is 5.97 Å². The summed E-state index contributed by atoms with van der Waals surface area (Å²) in [6.45, 7) is 0.667. The largest absolute Gasteiger partial charge is 0.511 e. The lowest BCUT2D eigenvalue weighted by Crippen LogP contribution is -2.49. The maximum absolute atomic E-state index is 13.6. The first-order valence-electron chi connectivity index (χ1n) is 21.9. The van der Waals surface area contributed by atoms with Crippen LogP contribution in [0.5, 0.6) is 5.75 Å². The minimum absolute atomic E-state index is 0.0767. The minimum atomic E-state index is -0.754. The van der Waals surface area contributed by atoms with Crippen LogP contribution in [0.15, 0.2) is 96.1 Å². The van der Waals surface area contributed by atoms with E-state index in [1.165, 1.54) is 28.6 Å². The number of carboxylic acids is 1. The fourth-order valence-electron chi connectivity index (χ4n) is 12.2. The molecule has 9 rings (SSSR count). The molecule has 4 bridgehead atoms. The van der Waals surface area contributed by atoms with Gasteiger partial charge < -0.3 is 25.8 Å². The van der Waals surface area contributed by atoms with E-state index < -0.39 is 17.3 Å². The number of fused-ring (bicyclic) bond motifs is 6. The Morgan fingerprint density at radius 3 is 2.54 bits per heavy atom. The van der Waals surface area contributed by atoms with Crippen molar-refractivity contribution < 1.29 is 24.9 Å². The molecule has 3 aromatic carbocycles. The zero-order valence-corrected chi connectivity index (χ0v) is 33.5. The fraction of sp³-hybridized carbons (Fsp3) is 0.490. The van der Waals surface area contributed by atoms with E-state index in [2.05, 4.69) is 60.7 Å². The molecule has 6 nitrogen and oxygen atoms in total. The smallest absolute Gasteiger partial charge is 0.307 e. The van der Waals surface area contributed by atoms with Gasteiger partial charge in [-0.25, -0.2) is 0 Å². The summed E-state index contributed by atoms with van der Waals surface area (Å²) in [5.74, 6) is 0.129. The fourth-order valence-corrected chi connectivity index (χ4v) is 12.2. The first-order valence-corrected chi connectivity index (χ1v) is 21.9. The Bertz CT molecular complexity index is 2130. The van der Waals surface area contributed by atoms with Crippen molar-refractivity contribution >= 4 is 24.1 Å². The standard InChI is InChI=1S/C51H61NO5/c52-26-23-35-13-15-37(27-35)40(33-53)9-2-1-3-10-42-28-34-14-20-47(49(56)57)51(25-22-39-30-38-8-4-5-12-45(38)48(55)46(39)32-51)43-11-6-7-36(29-43)31-50(42,24-21-34)41-16-18-44(54)19-17-41/h4-8,11-12,14,16-19,27,29-30,33,37,39-40,42,46-47,54-55H,1-3,9-10,13,15,20-26,28,31-32,52H2,(H,56,57). The van der Waals surface area contributed by atoms with E-state index in [4.69, 9.17) is 5.73 Å². The number of aldehydes is 1. The third-order valence-corrected chi connectivity index (χ3v) is 15.3. The molecule has 0 amide bonds. The number of phenolic OH excluding ortho intramolecular Hbond substituents is 1. The molecule has 2 fully saturated rings. The van der Waals surface area contributed by atoms with Gasteiger partial charge in [0.05, 0.1) is 5.92 Å². The predicted octanol–water partition coefficient (Wildman–Crippen LogP) is 8.97. The SMILES string of the molecule is NCCC1=CC(C(C=O)CCCCCC2CC3=CCC(C(=O)O)C4(CCC5C=c6ccccc6=C(O)C5C4)c4cccc(c4)CC2(c2ccc(O)cc2)CC3)CC1. The van der Waals surface area contributed by atoms with Crippen molar-refractivity contribution in [3.63, 3.8) is 0 Å². The Hall–Kier alpha value is -4.42. The minimum Gasteiger partial charge on any atom is -0.511 e. The molecular formula is C51H61NO5. The lowest BCUT2D eigenvalue weighted by atomic mass is 9.54. The molecule has 57 heavy (non-hydrogen) atoms. The quantitative estimate of drug-likeness (QED) is 0.0830. The van der Waals surface area contributed by atoms with Crippen LogP contribution in [0.1, 0.15) is 113 Å². The number of carbonyl (C=O) groups excluding carboxylic acids is 1. The van der Waals surface area contributed by atoms with Crippen molar-refractivity contribution in [3.05, 3.63) is 123 Å². The maximum Gasteiger partial charge on any atom is 0.307 e. The van der Waals surface area contributed by atoms with Crippen LogP contribution in [0, 0.1) is 35.5 Å². The van der Waals surface area contributed by atoms with E-state index >= 15 is 0 Å². The van der Waals surface area contributed by atoms with Crippen LogP contribution >= 0.6 is 0 Å². The summed E-state index contributed by atoms with van der Waals surface area (Å²) in [7, 11) is 0. The van der Waals surface area contributed by atoms with Crippen molar-refractivity contribution in [1.82, 2.24) is 0 Å². The number of allylic oxidation sites excluding steroid dienone is 3. The van der Waals surface area contributed by atoms with Crippen LogP contribution in [-0.2, 0) is 26.8 Å². The number of hydrogen-bond acceptors (Lipinski definition) is 5. The van der Waals surface area contributed by atoms with E-state index in [-0.39, 0.29) is 28.9 Å². The predicted molar refractivity (Wildman–Crippen MR) is 227 cm³/mol. The van der Waals surface area contributed by atoms with E-state index in [0.29, 0.717) is 37.0 Å². The Morgan fingerprint density at radius 2 is 1.74 bits per heavy atom. The highest BCUT2D eigenvalue weighted by Crippen LogP contribution is 2.55. The third kappa shape index (κ3) is 7.79. The number of nitrogens with two attached hydrogens (primary N) is 1. The molecule has 0 heterocycles. The highest BCUT2D eigenvalue weighted by atomic mass is 16.4. The number of rotatable bonds is 12. The van der Waals surface area contributed by atoms with Gasteiger partial charge in [0, 0.05) is 27.9 Å². The summed E-state index contributed by atoms with van der Waals surface area (Å²) >= 11 is 0. The van der Waals surface area contributed by atoms with Crippen LogP contribution in [0.2, 0.25) is 0 Å². The normalized spacial score (nSPS) is 29.8. The monoisotopic (exact) mass is 767 g/mol. The van der Waals surface area contributed by atoms with Gasteiger partial charge in [-0.2, -0.15) is 0 Å². The number of hydrogen-bond donors (Lipinski definition) is 4. The van der Waals surface area contributed by atoms with Gasteiger partial charge in [-0.05, 0) is 142 Å². The molecule has 0 radical (unpaired) electrons. The molecule has 1 spiro atoms. The second-order valence-electron chi connectivity index (χ2n) is 18.3. The topological polar surface area (TPSA) is 121 Å². The summed E-state index contributed by atoms with van der Waals surface area (Å²) < 4.78 is 0. The van der Waals surface area contributed by atoms with Crippen LogP contribution in [0.3, 0.4) is 0 Å². The van der Waals surface area contributed by atoms with E-state index in [1.807, 2.05) is 30.3 Å².